The standard InChI is InChI=1S/C32H29F3N8O/c1-18(2)42-17-37-40-31(42)26-4-3-5-29(38-26)39-32(44)23-12-27-21(10-25(23)35)14-41(13-20-8-9-22(33)11-24(20)34)15-28-30(19-6-7-19)36-16-43(27)28/h3-5,8-12,16-19H,6-7,13-15H2,1-2H3,(H,38,39,44). The number of rotatable bonds is 7. The predicted octanol–water partition coefficient (Wildman–Crippen LogP) is 6.17. The second kappa shape index (κ2) is 11.0. The molecule has 0 unspecified atom stereocenters. The molecular formula is C32H29F3N8O. The second-order valence-corrected chi connectivity index (χ2v) is 11.6. The van der Waals surface area contributed by atoms with Gasteiger partial charge in [-0.05, 0) is 62.6 Å². The first kappa shape index (κ1) is 28.0. The van der Waals surface area contributed by atoms with Gasteiger partial charge in [-0.25, -0.2) is 23.1 Å². The average molecular weight is 599 g/mol. The summed E-state index contributed by atoms with van der Waals surface area (Å²) in [6.45, 7) is 4.91. The summed E-state index contributed by atoms with van der Waals surface area (Å²) in [7, 11) is 0. The highest BCUT2D eigenvalue weighted by atomic mass is 19.1. The highest BCUT2D eigenvalue weighted by Gasteiger charge is 2.33. The van der Waals surface area contributed by atoms with Gasteiger partial charge in [0.15, 0.2) is 5.82 Å². The average Bonchev–Trinajstić information content (AvgIpc) is 3.59. The van der Waals surface area contributed by atoms with Gasteiger partial charge in [-0.2, -0.15) is 0 Å². The van der Waals surface area contributed by atoms with E-state index < -0.39 is 23.4 Å². The third-order valence-corrected chi connectivity index (χ3v) is 8.06. The molecule has 0 bridgehead atoms. The van der Waals surface area contributed by atoms with E-state index in [1.807, 2.05) is 27.9 Å². The number of fused-ring (bicyclic) bond motifs is 3. The summed E-state index contributed by atoms with van der Waals surface area (Å²) < 4.78 is 47.6. The van der Waals surface area contributed by atoms with E-state index in [0.717, 1.165) is 30.3 Å². The number of carbonyl (C=O) groups excluding carboxylic acids is 1. The Morgan fingerprint density at radius 3 is 2.64 bits per heavy atom. The molecule has 0 spiro atoms. The van der Waals surface area contributed by atoms with Crippen molar-refractivity contribution in [3.8, 4) is 17.2 Å². The van der Waals surface area contributed by atoms with Crippen molar-refractivity contribution in [2.75, 3.05) is 5.32 Å². The van der Waals surface area contributed by atoms with Crippen LogP contribution in [0, 0.1) is 17.5 Å². The molecule has 0 atom stereocenters. The number of anilines is 1. The smallest absolute Gasteiger partial charge is 0.259 e. The Morgan fingerprint density at radius 1 is 1.02 bits per heavy atom. The summed E-state index contributed by atoms with van der Waals surface area (Å²) in [5, 5.41) is 10.9. The van der Waals surface area contributed by atoms with Crippen LogP contribution in [0.3, 0.4) is 0 Å². The van der Waals surface area contributed by atoms with E-state index >= 15 is 4.39 Å². The molecule has 1 aliphatic carbocycles. The quantitative estimate of drug-likeness (QED) is 0.241. The molecule has 1 saturated carbocycles. The molecular weight excluding hydrogens is 569 g/mol. The number of amides is 1. The lowest BCUT2D eigenvalue weighted by Crippen LogP contribution is -2.23. The van der Waals surface area contributed by atoms with Gasteiger partial charge in [0.25, 0.3) is 5.91 Å². The summed E-state index contributed by atoms with van der Waals surface area (Å²) in [4.78, 5) is 24.6. The molecule has 44 heavy (non-hydrogen) atoms. The molecule has 1 aliphatic heterocycles. The molecule has 1 amide bonds. The third kappa shape index (κ3) is 5.25. The molecule has 2 aromatic carbocycles. The number of nitrogens with zero attached hydrogens (tertiary/aromatic N) is 7. The zero-order chi connectivity index (χ0) is 30.5. The van der Waals surface area contributed by atoms with Crippen molar-refractivity contribution in [2.24, 2.45) is 0 Å². The normalized spacial score (nSPS) is 14.8. The summed E-state index contributed by atoms with van der Waals surface area (Å²) in [5.74, 6) is -1.50. The number of benzene rings is 2. The van der Waals surface area contributed by atoms with Gasteiger partial charge in [0, 0.05) is 43.2 Å². The minimum atomic E-state index is -0.698. The number of aromatic nitrogens is 6. The first-order chi connectivity index (χ1) is 21.2. The van der Waals surface area contributed by atoms with Gasteiger partial charge in [-0.1, -0.05) is 12.1 Å². The van der Waals surface area contributed by atoms with E-state index in [1.165, 1.54) is 24.3 Å². The summed E-state index contributed by atoms with van der Waals surface area (Å²) in [6.07, 6.45) is 5.38. The number of imidazole rings is 1. The molecule has 5 aromatic rings. The van der Waals surface area contributed by atoms with Gasteiger partial charge in [-0.3, -0.25) is 9.69 Å². The minimum absolute atomic E-state index is 0.104. The van der Waals surface area contributed by atoms with Crippen LogP contribution in [0.1, 0.15) is 71.5 Å². The predicted molar refractivity (Wildman–Crippen MR) is 156 cm³/mol. The fourth-order valence-corrected chi connectivity index (χ4v) is 5.71. The van der Waals surface area contributed by atoms with Crippen molar-refractivity contribution >= 4 is 11.7 Å². The SMILES string of the molecule is CC(C)n1cnnc1-c1cccc(NC(=O)c2cc3c(cc2F)CN(Cc2ccc(F)cc2F)Cc2c(C4CC4)ncn2-3)n1. The zero-order valence-corrected chi connectivity index (χ0v) is 24.1. The lowest BCUT2D eigenvalue weighted by molar-refractivity contribution is 0.102. The number of nitrogens with one attached hydrogen (secondary N) is 1. The van der Waals surface area contributed by atoms with Crippen molar-refractivity contribution in [3.05, 3.63) is 107 Å². The van der Waals surface area contributed by atoms with Crippen LogP contribution in [-0.2, 0) is 19.6 Å². The summed E-state index contributed by atoms with van der Waals surface area (Å²) >= 11 is 0. The van der Waals surface area contributed by atoms with Crippen LogP contribution in [0.15, 0.2) is 61.2 Å². The van der Waals surface area contributed by atoms with Gasteiger partial charge in [-0.15, -0.1) is 10.2 Å². The number of hydrogen-bond donors (Lipinski definition) is 1. The van der Waals surface area contributed by atoms with E-state index in [4.69, 9.17) is 0 Å². The van der Waals surface area contributed by atoms with Crippen LogP contribution in [0.2, 0.25) is 0 Å². The fourth-order valence-electron chi connectivity index (χ4n) is 5.71. The molecule has 7 rings (SSSR count). The van der Waals surface area contributed by atoms with Crippen molar-refractivity contribution < 1.29 is 18.0 Å². The maximum absolute atomic E-state index is 15.6. The fraction of sp³-hybridized carbons (Fsp3) is 0.281. The molecule has 2 aliphatic rings. The second-order valence-electron chi connectivity index (χ2n) is 11.6. The van der Waals surface area contributed by atoms with Gasteiger partial charge < -0.3 is 14.5 Å². The van der Waals surface area contributed by atoms with E-state index in [-0.39, 0.29) is 30.5 Å². The highest BCUT2D eigenvalue weighted by Crippen LogP contribution is 2.42. The monoisotopic (exact) mass is 598 g/mol. The van der Waals surface area contributed by atoms with E-state index in [9.17, 15) is 13.6 Å². The maximum atomic E-state index is 15.6. The molecule has 3 aromatic heterocycles. The lowest BCUT2D eigenvalue weighted by atomic mass is 10.1. The molecule has 12 heteroatoms. The first-order valence-corrected chi connectivity index (χ1v) is 14.5. The van der Waals surface area contributed by atoms with E-state index in [2.05, 4.69) is 25.5 Å². The van der Waals surface area contributed by atoms with Crippen LogP contribution in [0.25, 0.3) is 17.2 Å². The first-order valence-electron chi connectivity index (χ1n) is 14.5. The summed E-state index contributed by atoms with van der Waals surface area (Å²) in [5.41, 5.74) is 3.82. The Labute approximate surface area is 251 Å². The van der Waals surface area contributed by atoms with Crippen molar-refractivity contribution in [3.63, 3.8) is 0 Å². The molecule has 9 nitrogen and oxygen atoms in total. The Morgan fingerprint density at radius 2 is 1.86 bits per heavy atom. The number of carbonyl (C=O) groups is 1. The third-order valence-electron chi connectivity index (χ3n) is 8.06. The molecule has 1 N–H and O–H groups in total. The van der Waals surface area contributed by atoms with Gasteiger partial charge in [0.05, 0.1) is 29.0 Å². The molecule has 224 valence electrons. The maximum Gasteiger partial charge on any atom is 0.259 e. The Balaban J connectivity index is 1.22. The Bertz CT molecular complexity index is 1890. The Hall–Kier alpha value is -4.84. The van der Waals surface area contributed by atoms with Gasteiger partial charge in [0.1, 0.15) is 35.3 Å². The summed E-state index contributed by atoms with van der Waals surface area (Å²) in [6, 6.07) is 11.6. The molecule has 4 heterocycles. The topological polar surface area (TPSA) is 93.8 Å². The molecule has 0 radical (unpaired) electrons. The highest BCUT2D eigenvalue weighted by molar-refractivity contribution is 6.04. The Kier molecular flexibility index (Phi) is 7.00. The van der Waals surface area contributed by atoms with Crippen molar-refractivity contribution in [1.29, 1.82) is 0 Å². The molecule has 0 saturated heterocycles. The van der Waals surface area contributed by atoms with Gasteiger partial charge >= 0.3 is 0 Å². The minimum Gasteiger partial charge on any atom is -0.310 e. The number of pyridine rings is 1. The van der Waals surface area contributed by atoms with Crippen molar-refractivity contribution in [2.45, 2.75) is 58.3 Å². The van der Waals surface area contributed by atoms with E-state index in [1.54, 1.807) is 30.9 Å². The van der Waals surface area contributed by atoms with Crippen LogP contribution in [-0.4, -0.2) is 40.1 Å². The van der Waals surface area contributed by atoms with Crippen molar-refractivity contribution in [1.82, 2.24) is 34.2 Å². The zero-order valence-electron chi connectivity index (χ0n) is 24.1. The van der Waals surface area contributed by atoms with Crippen LogP contribution in [0.4, 0.5) is 19.0 Å². The van der Waals surface area contributed by atoms with Crippen LogP contribution < -0.4 is 5.32 Å². The molecule has 1 fully saturated rings. The number of halogens is 3. The lowest BCUT2D eigenvalue weighted by Gasteiger charge is -2.21. The van der Waals surface area contributed by atoms with Gasteiger partial charge in [0.2, 0.25) is 0 Å². The largest absolute Gasteiger partial charge is 0.310 e. The van der Waals surface area contributed by atoms with Crippen LogP contribution in [0.5, 0.6) is 0 Å². The number of hydrogen-bond acceptors (Lipinski definition) is 6. The van der Waals surface area contributed by atoms with Crippen LogP contribution >= 0.6 is 0 Å². The van der Waals surface area contributed by atoms with E-state index in [0.29, 0.717) is 40.8 Å².